The van der Waals surface area contributed by atoms with Gasteiger partial charge in [-0.3, -0.25) is 0 Å². The Morgan fingerprint density at radius 3 is 2.50 bits per heavy atom. The molecule has 1 saturated carbocycles. The van der Waals surface area contributed by atoms with Crippen molar-refractivity contribution in [2.75, 3.05) is 0 Å². The molecule has 0 amide bonds. The van der Waals surface area contributed by atoms with Crippen LogP contribution in [0.4, 0.5) is 8.78 Å². The van der Waals surface area contributed by atoms with Crippen LogP contribution in [0.3, 0.4) is 0 Å². The second kappa shape index (κ2) is 6.42. The van der Waals surface area contributed by atoms with Crippen LogP contribution in [-0.2, 0) is 6.54 Å². The fourth-order valence-corrected chi connectivity index (χ4v) is 3.07. The molecule has 0 bridgehead atoms. The van der Waals surface area contributed by atoms with E-state index in [1.165, 1.54) is 47.3 Å². The minimum absolute atomic E-state index is 0.288. The van der Waals surface area contributed by atoms with Gasteiger partial charge >= 0.3 is 5.69 Å². The van der Waals surface area contributed by atoms with E-state index in [2.05, 4.69) is 5.10 Å². The van der Waals surface area contributed by atoms with Gasteiger partial charge in [-0.15, -0.1) is 0 Å². The molecule has 1 fully saturated rings. The highest BCUT2D eigenvalue weighted by Gasteiger charge is 2.16. The molecule has 1 aromatic carbocycles. The standard InChI is InChI=1S/C16H19F2N3O/c17-14-8-7-13(9-15(14)18)20-11-19-21(16(20)22)10-12-5-3-1-2-4-6-12/h7-9,11-12H,1-6,10H2. The quantitative estimate of drug-likeness (QED) is 0.816. The zero-order valence-corrected chi connectivity index (χ0v) is 12.3. The smallest absolute Gasteiger partial charge is 0.249 e. The van der Waals surface area contributed by atoms with Crippen molar-refractivity contribution in [3.63, 3.8) is 0 Å². The lowest BCUT2D eigenvalue weighted by molar-refractivity contribution is 0.369. The highest BCUT2D eigenvalue weighted by molar-refractivity contribution is 5.31. The van der Waals surface area contributed by atoms with E-state index in [1.54, 1.807) is 0 Å². The first kappa shape index (κ1) is 14.9. The molecular weight excluding hydrogens is 288 g/mol. The highest BCUT2D eigenvalue weighted by Crippen LogP contribution is 2.23. The second-order valence-electron chi connectivity index (χ2n) is 5.92. The van der Waals surface area contributed by atoms with E-state index in [-0.39, 0.29) is 11.4 Å². The molecule has 0 unspecified atom stereocenters. The summed E-state index contributed by atoms with van der Waals surface area (Å²) in [4.78, 5) is 12.4. The molecule has 1 heterocycles. The van der Waals surface area contributed by atoms with Gasteiger partial charge in [-0.1, -0.05) is 25.7 Å². The van der Waals surface area contributed by atoms with E-state index in [1.807, 2.05) is 0 Å². The zero-order chi connectivity index (χ0) is 15.5. The van der Waals surface area contributed by atoms with E-state index in [0.29, 0.717) is 12.5 Å². The average molecular weight is 307 g/mol. The maximum Gasteiger partial charge on any atom is 0.350 e. The summed E-state index contributed by atoms with van der Waals surface area (Å²) in [5, 5.41) is 4.12. The van der Waals surface area contributed by atoms with E-state index < -0.39 is 11.6 Å². The van der Waals surface area contributed by atoms with Crippen LogP contribution in [0.1, 0.15) is 38.5 Å². The zero-order valence-electron chi connectivity index (χ0n) is 12.3. The second-order valence-corrected chi connectivity index (χ2v) is 5.92. The Hall–Kier alpha value is -1.98. The van der Waals surface area contributed by atoms with Crippen molar-refractivity contribution in [2.24, 2.45) is 5.92 Å². The molecular formula is C16H19F2N3O. The minimum Gasteiger partial charge on any atom is -0.249 e. The number of nitrogens with zero attached hydrogens (tertiary/aromatic N) is 3. The summed E-state index contributed by atoms with van der Waals surface area (Å²) < 4.78 is 29.0. The number of rotatable bonds is 3. The number of halogens is 2. The third-order valence-electron chi connectivity index (χ3n) is 4.32. The molecule has 1 aliphatic rings. The highest BCUT2D eigenvalue weighted by atomic mass is 19.2. The first-order chi connectivity index (χ1) is 10.6. The van der Waals surface area contributed by atoms with Gasteiger partial charge in [0.25, 0.3) is 0 Å². The molecule has 0 aliphatic heterocycles. The molecule has 0 N–H and O–H groups in total. The largest absolute Gasteiger partial charge is 0.350 e. The molecule has 0 saturated heterocycles. The van der Waals surface area contributed by atoms with Gasteiger partial charge in [0.05, 0.1) is 5.69 Å². The fraction of sp³-hybridized carbons (Fsp3) is 0.500. The van der Waals surface area contributed by atoms with Crippen LogP contribution in [0.5, 0.6) is 0 Å². The Kier molecular flexibility index (Phi) is 4.36. The Morgan fingerprint density at radius 1 is 1.09 bits per heavy atom. The lowest BCUT2D eigenvalue weighted by atomic mass is 10.0. The van der Waals surface area contributed by atoms with Crippen LogP contribution in [0, 0.1) is 17.6 Å². The van der Waals surface area contributed by atoms with Crippen molar-refractivity contribution in [2.45, 2.75) is 45.1 Å². The van der Waals surface area contributed by atoms with Crippen molar-refractivity contribution in [3.05, 3.63) is 46.6 Å². The Labute approximate surface area is 127 Å². The predicted molar refractivity (Wildman–Crippen MR) is 78.9 cm³/mol. The molecule has 4 nitrogen and oxygen atoms in total. The maximum atomic E-state index is 13.3. The molecule has 0 spiro atoms. The maximum absolute atomic E-state index is 13.3. The lowest BCUT2D eigenvalue weighted by Gasteiger charge is -2.12. The van der Waals surface area contributed by atoms with Gasteiger partial charge in [0.1, 0.15) is 6.33 Å². The molecule has 22 heavy (non-hydrogen) atoms. The SMILES string of the molecule is O=c1n(-c2ccc(F)c(F)c2)cnn1CC1CCCCCC1. The van der Waals surface area contributed by atoms with Gasteiger partial charge in [0.15, 0.2) is 11.6 Å². The summed E-state index contributed by atoms with van der Waals surface area (Å²) in [6.45, 7) is 0.593. The van der Waals surface area contributed by atoms with Gasteiger partial charge in [-0.25, -0.2) is 22.8 Å². The summed E-state index contributed by atoms with van der Waals surface area (Å²) in [7, 11) is 0. The number of hydrogen-bond acceptors (Lipinski definition) is 2. The monoisotopic (exact) mass is 307 g/mol. The van der Waals surface area contributed by atoms with Crippen molar-refractivity contribution in [1.82, 2.24) is 14.3 Å². The van der Waals surface area contributed by atoms with Gasteiger partial charge in [-0.2, -0.15) is 5.10 Å². The number of aromatic nitrogens is 3. The summed E-state index contributed by atoms with van der Waals surface area (Å²) in [6.07, 6.45) is 8.51. The third-order valence-corrected chi connectivity index (χ3v) is 4.32. The first-order valence-electron chi connectivity index (χ1n) is 7.75. The molecule has 6 heteroatoms. The third kappa shape index (κ3) is 3.10. The number of hydrogen-bond donors (Lipinski definition) is 0. The molecule has 0 radical (unpaired) electrons. The summed E-state index contributed by atoms with van der Waals surface area (Å²) in [5.74, 6) is -1.43. The van der Waals surface area contributed by atoms with Crippen LogP contribution < -0.4 is 5.69 Å². The normalized spacial score (nSPS) is 16.6. The van der Waals surface area contributed by atoms with Gasteiger partial charge < -0.3 is 0 Å². The van der Waals surface area contributed by atoms with Crippen LogP contribution in [0.25, 0.3) is 5.69 Å². The van der Waals surface area contributed by atoms with E-state index in [4.69, 9.17) is 0 Å². The van der Waals surface area contributed by atoms with Gasteiger partial charge in [-0.05, 0) is 30.9 Å². The lowest BCUT2D eigenvalue weighted by Crippen LogP contribution is -2.27. The molecule has 118 valence electrons. The van der Waals surface area contributed by atoms with Crippen molar-refractivity contribution < 1.29 is 8.78 Å². The minimum atomic E-state index is -0.971. The summed E-state index contributed by atoms with van der Waals surface area (Å²) in [5.41, 5.74) is -0.0220. The summed E-state index contributed by atoms with van der Waals surface area (Å²) in [6, 6.07) is 3.39. The van der Waals surface area contributed by atoms with Crippen molar-refractivity contribution in [1.29, 1.82) is 0 Å². The Balaban J connectivity index is 1.82. The molecule has 2 aromatic rings. The first-order valence-corrected chi connectivity index (χ1v) is 7.75. The van der Waals surface area contributed by atoms with Crippen molar-refractivity contribution >= 4 is 0 Å². The molecule has 0 atom stereocenters. The average Bonchev–Trinajstić information content (AvgIpc) is 2.72. The van der Waals surface area contributed by atoms with Crippen molar-refractivity contribution in [3.8, 4) is 5.69 Å². The predicted octanol–water partition coefficient (Wildman–Crippen LogP) is 3.28. The van der Waals surface area contributed by atoms with Crippen LogP contribution >= 0.6 is 0 Å². The van der Waals surface area contributed by atoms with E-state index in [9.17, 15) is 13.6 Å². The fourth-order valence-electron chi connectivity index (χ4n) is 3.07. The topological polar surface area (TPSA) is 39.8 Å². The van der Waals surface area contributed by atoms with Crippen LogP contribution in [-0.4, -0.2) is 14.3 Å². The number of benzene rings is 1. The van der Waals surface area contributed by atoms with Crippen LogP contribution in [0.15, 0.2) is 29.3 Å². The van der Waals surface area contributed by atoms with Crippen LogP contribution in [0.2, 0.25) is 0 Å². The Bertz CT molecular complexity index is 700. The Morgan fingerprint density at radius 2 is 1.82 bits per heavy atom. The van der Waals surface area contributed by atoms with E-state index >= 15 is 0 Å². The summed E-state index contributed by atoms with van der Waals surface area (Å²) >= 11 is 0. The molecule has 3 rings (SSSR count). The van der Waals surface area contributed by atoms with Gasteiger partial charge in [0.2, 0.25) is 0 Å². The molecule has 1 aliphatic carbocycles. The molecule has 1 aromatic heterocycles. The van der Waals surface area contributed by atoms with E-state index in [0.717, 1.165) is 25.0 Å². The van der Waals surface area contributed by atoms with Gasteiger partial charge in [0, 0.05) is 12.6 Å².